The van der Waals surface area contributed by atoms with E-state index in [0.717, 1.165) is 33.5 Å². The number of nitrogens with one attached hydrogen (secondary N) is 1. The van der Waals surface area contributed by atoms with Crippen LogP contribution >= 0.6 is 11.6 Å². The first-order valence-electron chi connectivity index (χ1n) is 16.3. The number of anilines is 1. The van der Waals surface area contributed by atoms with Gasteiger partial charge in [0.25, 0.3) is 5.56 Å². The highest BCUT2D eigenvalue weighted by Gasteiger charge is 2.30. The van der Waals surface area contributed by atoms with Gasteiger partial charge >= 0.3 is 6.09 Å². The number of aryl methyl sites for hydroxylation is 1. The first-order chi connectivity index (χ1) is 25.8. The molecular formula is C36H33ClF2N6O8S2. The van der Waals surface area contributed by atoms with Gasteiger partial charge in [0.2, 0.25) is 10.0 Å². The average Bonchev–Trinajstić information content (AvgIpc) is 3.43. The molecule has 0 spiro atoms. The number of sulfone groups is 1. The summed E-state index contributed by atoms with van der Waals surface area (Å²) in [5, 5.41) is 17.0. The summed E-state index contributed by atoms with van der Waals surface area (Å²) < 4.78 is 88.3. The van der Waals surface area contributed by atoms with Crippen LogP contribution in [0.4, 0.5) is 19.4 Å². The predicted molar refractivity (Wildman–Crippen MR) is 203 cm³/mol. The van der Waals surface area contributed by atoms with E-state index in [4.69, 9.17) is 16.3 Å². The predicted octanol–water partition coefficient (Wildman–Crippen LogP) is 5.27. The number of halogens is 3. The van der Waals surface area contributed by atoms with E-state index in [9.17, 15) is 40.3 Å². The van der Waals surface area contributed by atoms with Crippen LogP contribution in [0, 0.1) is 11.6 Å². The van der Waals surface area contributed by atoms with Crippen LogP contribution in [-0.4, -0.2) is 67.0 Å². The number of hydrogen-bond donors (Lipinski definition) is 2. The fourth-order valence-electron chi connectivity index (χ4n) is 6.37. The third kappa shape index (κ3) is 8.40. The first kappa shape index (κ1) is 39.1. The summed E-state index contributed by atoms with van der Waals surface area (Å²) in [4.78, 5) is 31.6. The number of carboxylic acid groups (broad SMARTS) is 1. The van der Waals surface area contributed by atoms with Gasteiger partial charge in [-0.3, -0.25) is 14.0 Å². The fraction of sp³-hybridized carbons (Fsp3) is 0.222. The highest BCUT2D eigenvalue weighted by molar-refractivity contribution is 7.92. The molecule has 55 heavy (non-hydrogen) atoms. The average molecular weight is 815 g/mol. The third-order valence-corrected chi connectivity index (χ3v) is 10.9. The lowest BCUT2D eigenvalue weighted by atomic mass is 10.0. The minimum absolute atomic E-state index is 0.00892. The molecule has 1 amide bonds. The molecule has 0 saturated carbocycles. The number of carbonyl (C=O) groups is 1. The Balaban J connectivity index is 1.64. The quantitative estimate of drug-likeness (QED) is 0.165. The van der Waals surface area contributed by atoms with Gasteiger partial charge in [0, 0.05) is 25.8 Å². The Morgan fingerprint density at radius 1 is 0.964 bits per heavy atom. The summed E-state index contributed by atoms with van der Waals surface area (Å²) in [6.07, 6.45) is 0.0912. The molecule has 0 aliphatic heterocycles. The molecule has 0 aliphatic rings. The Labute approximate surface area is 318 Å². The number of hydrogen-bond acceptors (Lipinski definition) is 9. The van der Waals surface area contributed by atoms with Gasteiger partial charge in [-0.2, -0.15) is 5.10 Å². The lowest BCUT2D eigenvalue weighted by Gasteiger charge is -2.23. The number of rotatable bonds is 12. The summed E-state index contributed by atoms with van der Waals surface area (Å²) in [5.41, 5.74) is 0.376. The fourth-order valence-corrected chi connectivity index (χ4v) is 8.21. The van der Waals surface area contributed by atoms with Crippen molar-refractivity contribution in [3.8, 4) is 11.4 Å². The Morgan fingerprint density at radius 2 is 1.62 bits per heavy atom. The molecule has 1 atom stereocenters. The first-order valence-corrected chi connectivity index (χ1v) is 20.6. The van der Waals surface area contributed by atoms with Gasteiger partial charge in [0.05, 0.1) is 64.2 Å². The van der Waals surface area contributed by atoms with Crippen LogP contribution in [-0.2, 0) is 45.6 Å². The van der Waals surface area contributed by atoms with Gasteiger partial charge in [0.15, 0.2) is 15.7 Å². The van der Waals surface area contributed by atoms with Gasteiger partial charge in [-0.1, -0.05) is 29.8 Å². The van der Waals surface area contributed by atoms with Crippen molar-refractivity contribution in [2.75, 3.05) is 23.9 Å². The van der Waals surface area contributed by atoms with Crippen LogP contribution in [0.3, 0.4) is 0 Å². The van der Waals surface area contributed by atoms with Crippen LogP contribution in [0.5, 0.6) is 5.75 Å². The Hall–Kier alpha value is -5.59. The highest BCUT2D eigenvalue weighted by Crippen LogP contribution is 2.38. The van der Waals surface area contributed by atoms with Gasteiger partial charge < -0.3 is 15.2 Å². The van der Waals surface area contributed by atoms with Crippen molar-refractivity contribution in [3.63, 3.8) is 0 Å². The van der Waals surface area contributed by atoms with E-state index < -0.39 is 49.2 Å². The van der Waals surface area contributed by atoms with E-state index in [1.165, 1.54) is 49.2 Å². The van der Waals surface area contributed by atoms with Gasteiger partial charge in [-0.25, -0.2) is 39.7 Å². The van der Waals surface area contributed by atoms with E-state index in [-0.39, 0.29) is 68.4 Å². The number of aromatic nitrogens is 4. The summed E-state index contributed by atoms with van der Waals surface area (Å²) in [5.74, 6) is -2.00. The normalized spacial score (nSPS) is 12.6. The lowest BCUT2D eigenvalue weighted by molar-refractivity contribution is 0.189. The number of nitrogens with zero attached hydrogens (tertiary/aromatic N) is 5. The maximum absolute atomic E-state index is 14.7. The highest BCUT2D eigenvalue weighted by atomic mass is 35.5. The number of ether oxygens (including phenoxy) is 1. The lowest BCUT2D eigenvalue weighted by Crippen LogP contribution is -2.35. The van der Waals surface area contributed by atoms with Crippen LogP contribution in [0.25, 0.3) is 27.5 Å². The van der Waals surface area contributed by atoms with Crippen LogP contribution in [0.2, 0.25) is 5.02 Å². The zero-order chi connectivity index (χ0) is 40.0. The third-order valence-electron chi connectivity index (χ3n) is 8.62. The van der Waals surface area contributed by atoms with E-state index in [2.05, 4.69) is 15.4 Å². The molecule has 2 heterocycles. The maximum Gasteiger partial charge on any atom is 0.405 e. The van der Waals surface area contributed by atoms with Crippen LogP contribution in [0.15, 0.2) is 77.6 Å². The second kappa shape index (κ2) is 14.9. The topological polar surface area (TPSA) is 183 Å². The molecule has 0 fully saturated rings. The summed E-state index contributed by atoms with van der Waals surface area (Å²) >= 11 is 6.78. The van der Waals surface area contributed by atoms with Crippen molar-refractivity contribution in [2.45, 2.75) is 24.8 Å². The van der Waals surface area contributed by atoms with E-state index in [1.807, 2.05) is 0 Å². The molecule has 4 aromatic carbocycles. The van der Waals surface area contributed by atoms with E-state index in [1.54, 1.807) is 24.3 Å². The molecule has 0 radical (unpaired) electrons. The zero-order valence-electron chi connectivity index (χ0n) is 29.6. The molecule has 2 aromatic heterocycles. The smallest absolute Gasteiger partial charge is 0.405 e. The second-order valence-corrected chi connectivity index (χ2v) is 17.3. The Bertz CT molecular complexity index is 2760. The SMILES string of the molecule is COc1ccc(CN(c2nn(C)c3c(-n4c(C(Cc5cc(F)cc(F)c5)NC(=O)O)nc5cc(CS(C)(=O)=O)ccc5c4=O)ccc(Cl)c23)S(C)(=O)=O)cc1. The molecule has 19 heteroatoms. The molecular weight excluding hydrogens is 782 g/mol. The van der Waals surface area contributed by atoms with Crippen molar-refractivity contribution >= 4 is 65.2 Å². The van der Waals surface area contributed by atoms with E-state index >= 15 is 0 Å². The molecule has 0 bridgehead atoms. The largest absolute Gasteiger partial charge is 0.497 e. The van der Waals surface area contributed by atoms with E-state index in [0.29, 0.717) is 22.9 Å². The molecule has 6 aromatic rings. The molecule has 0 saturated heterocycles. The number of methoxy groups -OCH3 is 1. The molecule has 288 valence electrons. The van der Waals surface area contributed by atoms with Crippen molar-refractivity contribution in [1.29, 1.82) is 0 Å². The number of benzene rings is 4. The van der Waals surface area contributed by atoms with Crippen LogP contribution in [0.1, 0.15) is 28.6 Å². The van der Waals surface area contributed by atoms with Crippen molar-refractivity contribution in [3.05, 3.63) is 122 Å². The second-order valence-electron chi connectivity index (χ2n) is 12.9. The zero-order valence-corrected chi connectivity index (χ0v) is 32.0. The van der Waals surface area contributed by atoms with Crippen molar-refractivity contribution < 1.29 is 40.3 Å². The number of sulfonamides is 1. The minimum atomic E-state index is -4.03. The summed E-state index contributed by atoms with van der Waals surface area (Å²) in [7, 11) is -4.55. The monoisotopic (exact) mass is 814 g/mol. The summed E-state index contributed by atoms with van der Waals surface area (Å²) in [6.45, 7) is -0.164. The summed E-state index contributed by atoms with van der Waals surface area (Å²) in [6, 6.07) is 15.0. The van der Waals surface area contributed by atoms with Gasteiger partial charge in [-0.15, -0.1) is 0 Å². The molecule has 0 aliphatic carbocycles. The number of fused-ring (bicyclic) bond motifs is 2. The maximum atomic E-state index is 14.7. The van der Waals surface area contributed by atoms with Gasteiger partial charge in [0.1, 0.15) is 23.2 Å². The Kier molecular flexibility index (Phi) is 10.6. The molecule has 1 unspecified atom stereocenters. The van der Waals surface area contributed by atoms with Gasteiger partial charge in [-0.05, 0) is 65.2 Å². The molecule has 2 N–H and O–H groups in total. The minimum Gasteiger partial charge on any atom is -0.497 e. The standard InChI is InChI=1S/C36H33ClF2N6O8S2/c1-43-32-30(12-11-27(37)31(32)34(42-43)44(55(4,51)52)18-20-5-8-25(53-2)9-6-20)45-33(29(41-36(47)48)16-22-13-23(38)17-24(39)14-22)40-28-15-21(19-54(3,49)50)7-10-26(28)35(45)46/h5-15,17,29,41H,16,18-19H2,1-4H3,(H,47,48). The van der Waals surface area contributed by atoms with Crippen molar-refractivity contribution in [1.82, 2.24) is 24.6 Å². The molecule has 14 nitrogen and oxygen atoms in total. The number of amides is 1. The van der Waals surface area contributed by atoms with Crippen LogP contribution < -0.4 is 19.9 Å². The Morgan fingerprint density at radius 3 is 2.22 bits per heavy atom. The van der Waals surface area contributed by atoms with Crippen molar-refractivity contribution in [2.24, 2.45) is 7.05 Å². The molecule has 6 rings (SSSR count).